The maximum Gasteiger partial charge on any atom is 0.272 e. The van der Waals surface area contributed by atoms with Crippen molar-refractivity contribution >= 4 is 22.5 Å². The number of fused-ring (bicyclic) bond motifs is 1. The Kier molecular flexibility index (Phi) is 2.53. The quantitative estimate of drug-likeness (QED) is 0.720. The van der Waals surface area contributed by atoms with Gasteiger partial charge in [-0.15, -0.1) is 0 Å². The van der Waals surface area contributed by atoms with Crippen molar-refractivity contribution < 1.29 is 4.79 Å². The number of anilines is 1. The van der Waals surface area contributed by atoms with Crippen molar-refractivity contribution in [3.05, 3.63) is 60.6 Å². The van der Waals surface area contributed by atoms with Gasteiger partial charge in [-0.2, -0.15) is 0 Å². The van der Waals surface area contributed by atoms with E-state index in [4.69, 9.17) is 0 Å². The number of rotatable bonds is 2. The molecule has 1 aromatic carbocycles. The monoisotopic (exact) mass is 237 g/mol. The van der Waals surface area contributed by atoms with Crippen molar-refractivity contribution in [1.82, 2.24) is 9.97 Å². The van der Waals surface area contributed by atoms with Crippen LogP contribution >= 0.6 is 0 Å². The molecule has 4 nitrogen and oxygen atoms in total. The third-order valence-corrected chi connectivity index (χ3v) is 2.70. The van der Waals surface area contributed by atoms with E-state index in [0.29, 0.717) is 5.69 Å². The van der Waals surface area contributed by atoms with Crippen LogP contribution < -0.4 is 5.32 Å². The fourth-order valence-corrected chi connectivity index (χ4v) is 1.82. The normalized spacial score (nSPS) is 10.4. The fraction of sp³-hybridized carbons (Fsp3) is 0. The second kappa shape index (κ2) is 4.33. The summed E-state index contributed by atoms with van der Waals surface area (Å²) in [6, 6.07) is 13.0. The summed E-state index contributed by atoms with van der Waals surface area (Å²) in [4.78, 5) is 19.0. The van der Waals surface area contributed by atoms with E-state index in [-0.39, 0.29) is 5.91 Å². The number of nitrogens with zero attached hydrogens (tertiary/aromatic N) is 1. The molecule has 4 heteroatoms. The van der Waals surface area contributed by atoms with Crippen LogP contribution in [0.4, 0.5) is 5.69 Å². The van der Waals surface area contributed by atoms with Gasteiger partial charge in [0.1, 0.15) is 5.69 Å². The van der Waals surface area contributed by atoms with E-state index in [9.17, 15) is 4.79 Å². The molecule has 2 heterocycles. The van der Waals surface area contributed by atoms with Gasteiger partial charge in [0.05, 0.1) is 5.52 Å². The number of hydrogen-bond acceptors (Lipinski definition) is 2. The number of carbonyl (C=O) groups is 1. The molecule has 0 atom stereocenters. The molecule has 0 aliphatic heterocycles. The van der Waals surface area contributed by atoms with E-state index in [2.05, 4.69) is 15.3 Å². The van der Waals surface area contributed by atoms with Crippen molar-refractivity contribution in [3.63, 3.8) is 0 Å². The van der Waals surface area contributed by atoms with E-state index >= 15 is 0 Å². The average molecular weight is 237 g/mol. The van der Waals surface area contributed by atoms with Crippen molar-refractivity contribution in [1.29, 1.82) is 0 Å². The first-order valence-electron chi connectivity index (χ1n) is 5.62. The molecule has 0 aliphatic rings. The van der Waals surface area contributed by atoms with E-state index in [1.807, 2.05) is 30.3 Å². The summed E-state index contributed by atoms with van der Waals surface area (Å²) in [7, 11) is 0. The summed E-state index contributed by atoms with van der Waals surface area (Å²) in [6.45, 7) is 0. The molecule has 0 aliphatic carbocycles. The minimum atomic E-state index is -0.150. The van der Waals surface area contributed by atoms with Crippen LogP contribution in [0, 0.1) is 0 Å². The summed E-state index contributed by atoms with van der Waals surface area (Å²) in [5.74, 6) is -0.150. The van der Waals surface area contributed by atoms with Crippen LogP contribution in [0.25, 0.3) is 10.9 Å². The third-order valence-electron chi connectivity index (χ3n) is 2.70. The molecular weight excluding hydrogens is 226 g/mol. The van der Waals surface area contributed by atoms with E-state index in [1.165, 1.54) is 0 Å². The van der Waals surface area contributed by atoms with Crippen LogP contribution in [0.3, 0.4) is 0 Å². The lowest BCUT2D eigenvalue weighted by Gasteiger charge is -2.05. The predicted molar refractivity (Wildman–Crippen MR) is 70.5 cm³/mol. The zero-order valence-corrected chi connectivity index (χ0v) is 9.55. The standard InChI is InChI=1S/C14H11N3O/c18-14(13-4-2-8-16-13)17-11-5-6-12-10(9-11)3-1-7-15-12/h1-9,16H,(H,17,18). The van der Waals surface area contributed by atoms with Gasteiger partial charge in [0.2, 0.25) is 0 Å². The highest BCUT2D eigenvalue weighted by Crippen LogP contribution is 2.17. The Morgan fingerprint density at radius 2 is 2.11 bits per heavy atom. The predicted octanol–water partition coefficient (Wildman–Crippen LogP) is 2.82. The molecule has 2 aromatic heterocycles. The first kappa shape index (κ1) is 10.5. The fourth-order valence-electron chi connectivity index (χ4n) is 1.82. The first-order valence-corrected chi connectivity index (χ1v) is 5.62. The lowest BCUT2D eigenvalue weighted by atomic mass is 10.2. The molecule has 0 saturated carbocycles. The highest BCUT2D eigenvalue weighted by molar-refractivity contribution is 6.03. The second-order valence-electron chi connectivity index (χ2n) is 3.95. The van der Waals surface area contributed by atoms with Gasteiger partial charge in [-0.05, 0) is 36.4 Å². The summed E-state index contributed by atoms with van der Waals surface area (Å²) in [5, 5.41) is 3.84. The van der Waals surface area contributed by atoms with Gasteiger partial charge in [-0.3, -0.25) is 9.78 Å². The number of aromatic nitrogens is 2. The lowest BCUT2D eigenvalue weighted by molar-refractivity contribution is 0.102. The summed E-state index contributed by atoms with van der Waals surface area (Å²) in [5.41, 5.74) is 2.21. The van der Waals surface area contributed by atoms with Gasteiger partial charge in [0.15, 0.2) is 0 Å². The molecule has 0 radical (unpaired) electrons. The lowest BCUT2D eigenvalue weighted by Crippen LogP contribution is -2.11. The van der Waals surface area contributed by atoms with E-state index < -0.39 is 0 Å². The zero-order chi connectivity index (χ0) is 12.4. The average Bonchev–Trinajstić information content (AvgIpc) is 2.92. The van der Waals surface area contributed by atoms with Crippen molar-refractivity contribution in [2.45, 2.75) is 0 Å². The molecule has 0 saturated heterocycles. The number of carbonyl (C=O) groups excluding carboxylic acids is 1. The van der Waals surface area contributed by atoms with E-state index in [1.54, 1.807) is 24.5 Å². The van der Waals surface area contributed by atoms with Crippen LogP contribution in [0.1, 0.15) is 10.5 Å². The van der Waals surface area contributed by atoms with Crippen LogP contribution in [0.15, 0.2) is 54.9 Å². The first-order chi connectivity index (χ1) is 8.83. The Morgan fingerprint density at radius 1 is 1.17 bits per heavy atom. The summed E-state index contributed by atoms with van der Waals surface area (Å²) >= 11 is 0. The second-order valence-corrected chi connectivity index (χ2v) is 3.95. The number of benzene rings is 1. The molecule has 0 bridgehead atoms. The molecule has 1 amide bonds. The summed E-state index contributed by atoms with van der Waals surface area (Å²) < 4.78 is 0. The zero-order valence-electron chi connectivity index (χ0n) is 9.55. The van der Waals surface area contributed by atoms with Gasteiger partial charge in [-0.1, -0.05) is 6.07 Å². The van der Waals surface area contributed by atoms with Gasteiger partial charge >= 0.3 is 0 Å². The molecule has 0 unspecified atom stereocenters. The minimum Gasteiger partial charge on any atom is -0.357 e. The van der Waals surface area contributed by atoms with Gasteiger partial charge in [0.25, 0.3) is 5.91 Å². The smallest absolute Gasteiger partial charge is 0.272 e. The van der Waals surface area contributed by atoms with Crippen molar-refractivity contribution in [3.8, 4) is 0 Å². The molecule has 18 heavy (non-hydrogen) atoms. The SMILES string of the molecule is O=C(Nc1ccc2ncccc2c1)c1ccc[nH]1. The molecule has 2 N–H and O–H groups in total. The topological polar surface area (TPSA) is 57.8 Å². The molecular formula is C14H11N3O. The van der Waals surface area contributed by atoms with Crippen LogP contribution in [-0.4, -0.2) is 15.9 Å². The Hall–Kier alpha value is -2.62. The highest BCUT2D eigenvalue weighted by Gasteiger charge is 2.06. The number of nitrogens with one attached hydrogen (secondary N) is 2. The Bertz CT molecular complexity index is 689. The minimum absolute atomic E-state index is 0.150. The molecule has 0 spiro atoms. The van der Waals surface area contributed by atoms with Crippen molar-refractivity contribution in [2.24, 2.45) is 0 Å². The van der Waals surface area contributed by atoms with Gasteiger partial charge in [0, 0.05) is 23.5 Å². The Labute approximate surface area is 104 Å². The van der Waals surface area contributed by atoms with Gasteiger partial charge in [-0.25, -0.2) is 0 Å². The van der Waals surface area contributed by atoms with E-state index in [0.717, 1.165) is 16.6 Å². The van der Waals surface area contributed by atoms with Crippen LogP contribution in [-0.2, 0) is 0 Å². The van der Waals surface area contributed by atoms with Crippen molar-refractivity contribution in [2.75, 3.05) is 5.32 Å². The maximum atomic E-state index is 11.9. The Balaban J connectivity index is 1.89. The van der Waals surface area contributed by atoms with Gasteiger partial charge < -0.3 is 10.3 Å². The number of amides is 1. The summed E-state index contributed by atoms with van der Waals surface area (Å²) in [6.07, 6.45) is 3.47. The number of aromatic amines is 1. The maximum absolute atomic E-state index is 11.9. The molecule has 0 fully saturated rings. The molecule has 88 valence electrons. The largest absolute Gasteiger partial charge is 0.357 e. The Morgan fingerprint density at radius 3 is 2.94 bits per heavy atom. The number of pyridine rings is 1. The van der Waals surface area contributed by atoms with Crippen LogP contribution in [0.5, 0.6) is 0 Å². The molecule has 3 rings (SSSR count). The molecule has 3 aromatic rings. The van der Waals surface area contributed by atoms with Crippen LogP contribution in [0.2, 0.25) is 0 Å². The highest BCUT2D eigenvalue weighted by atomic mass is 16.1. The number of H-pyrrole nitrogens is 1. The number of hydrogen-bond donors (Lipinski definition) is 2. The third kappa shape index (κ3) is 1.96.